The quantitative estimate of drug-likeness (QED) is 0.732. The molecule has 0 aromatic heterocycles. The molecule has 1 aliphatic heterocycles. The Morgan fingerprint density at radius 2 is 2.19 bits per heavy atom. The van der Waals surface area contributed by atoms with Crippen LogP contribution in [0.3, 0.4) is 0 Å². The van der Waals surface area contributed by atoms with E-state index in [9.17, 15) is 4.79 Å². The molecular weight excluding hydrogens is 204 g/mol. The minimum absolute atomic E-state index is 0.0371. The van der Waals surface area contributed by atoms with Crippen molar-refractivity contribution in [1.29, 1.82) is 0 Å². The molecule has 2 aliphatic rings. The van der Waals surface area contributed by atoms with E-state index in [0.29, 0.717) is 19.6 Å². The van der Waals surface area contributed by atoms with E-state index in [-0.39, 0.29) is 17.4 Å². The lowest BCUT2D eigenvalue weighted by Gasteiger charge is -2.31. The zero-order chi connectivity index (χ0) is 11.8. The Hall–Kier alpha value is -0.610. The minimum atomic E-state index is -0.793. The molecule has 1 saturated heterocycles. The molecule has 0 bridgehead atoms. The van der Waals surface area contributed by atoms with Gasteiger partial charge in [-0.1, -0.05) is 20.3 Å². The maximum Gasteiger partial charge on any atom is 0.242 e. The van der Waals surface area contributed by atoms with Crippen LogP contribution in [0.2, 0.25) is 0 Å². The molecule has 4 nitrogen and oxygen atoms in total. The van der Waals surface area contributed by atoms with Gasteiger partial charge in [0, 0.05) is 12.6 Å². The minimum Gasteiger partial charge on any atom is -0.379 e. The Morgan fingerprint density at radius 3 is 2.69 bits per heavy atom. The van der Waals surface area contributed by atoms with Gasteiger partial charge in [-0.15, -0.1) is 0 Å². The summed E-state index contributed by atoms with van der Waals surface area (Å²) < 4.78 is 5.21. The highest BCUT2D eigenvalue weighted by Gasteiger charge is 2.42. The van der Waals surface area contributed by atoms with Crippen molar-refractivity contribution in [3.05, 3.63) is 0 Å². The molecule has 3 N–H and O–H groups in total. The lowest BCUT2D eigenvalue weighted by Crippen LogP contribution is -2.58. The summed E-state index contributed by atoms with van der Waals surface area (Å²) in [6.45, 7) is 5.36. The molecule has 0 radical (unpaired) electrons. The Bertz CT molecular complexity index is 283. The van der Waals surface area contributed by atoms with Crippen molar-refractivity contribution >= 4 is 5.91 Å². The molecule has 2 atom stereocenters. The smallest absolute Gasteiger partial charge is 0.242 e. The van der Waals surface area contributed by atoms with E-state index in [1.807, 2.05) is 0 Å². The number of carbonyl (C=O) groups excluding carboxylic acids is 1. The van der Waals surface area contributed by atoms with Gasteiger partial charge in [-0.2, -0.15) is 0 Å². The topological polar surface area (TPSA) is 64.4 Å². The van der Waals surface area contributed by atoms with Gasteiger partial charge in [0.05, 0.1) is 6.61 Å². The summed E-state index contributed by atoms with van der Waals surface area (Å²) in [6, 6.07) is 0.265. The summed E-state index contributed by atoms with van der Waals surface area (Å²) in [7, 11) is 0. The third-order valence-electron chi connectivity index (χ3n) is 4.07. The Kier molecular flexibility index (Phi) is 2.97. The fraction of sp³-hybridized carbons (Fsp3) is 0.917. The highest BCUT2D eigenvalue weighted by Crippen LogP contribution is 2.37. The third-order valence-corrected chi connectivity index (χ3v) is 4.07. The van der Waals surface area contributed by atoms with E-state index in [1.54, 1.807) is 0 Å². The van der Waals surface area contributed by atoms with Crippen LogP contribution in [0, 0.1) is 5.41 Å². The Balaban J connectivity index is 1.97. The fourth-order valence-corrected chi connectivity index (χ4v) is 2.66. The highest BCUT2D eigenvalue weighted by atomic mass is 16.5. The van der Waals surface area contributed by atoms with E-state index in [4.69, 9.17) is 10.5 Å². The van der Waals surface area contributed by atoms with Crippen LogP contribution in [0.4, 0.5) is 0 Å². The largest absolute Gasteiger partial charge is 0.379 e. The summed E-state index contributed by atoms with van der Waals surface area (Å²) in [5.41, 5.74) is 5.44. The van der Waals surface area contributed by atoms with Gasteiger partial charge in [0.15, 0.2) is 0 Å². The molecule has 0 aromatic carbocycles. The first-order valence-electron chi connectivity index (χ1n) is 6.12. The zero-order valence-corrected chi connectivity index (χ0v) is 10.2. The van der Waals surface area contributed by atoms with E-state index < -0.39 is 5.54 Å². The second-order valence-electron chi connectivity index (χ2n) is 5.87. The van der Waals surface area contributed by atoms with Crippen LogP contribution in [0.25, 0.3) is 0 Å². The monoisotopic (exact) mass is 226 g/mol. The van der Waals surface area contributed by atoms with E-state index >= 15 is 0 Å². The molecule has 92 valence electrons. The maximum atomic E-state index is 12.1. The van der Waals surface area contributed by atoms with Crippen LogP contribution in [-0.4, -0.2) is 30.7 Å². The Morgan fingerprint density at radius 1 is 1.44 bits per heavy atom. The molecular formula is C12H22N2O2. The predicted molar refractivity (Wildman–Crippen MR) is 61.9 cm³/mol. The van der Waals surface area contributed by atoms with E-state index in [0.717, 1.165) is 6.42 Å². The molecule has 1 aliphatic carbocycles. The first-order chi connectivity index (χ1) is 7.44. The summed E-state index contributed by atoms with van der Waals surface area (Å²) in [4.78, 5) is 12.1. The van der Waals surface area contributed by atoms with Crippen molar-refractivity contribution in [2.24, 2.45) is 11.1 Å². The second kappa shape index (κ2) is 4.00. The number of nitrogens with two attached hydrogens (primary N) is 1. The number of hydrogen-bond acceptors (Lipinski definition) is 3. The van der Waals surface area contributed by atoms with Gasteiger partial charge in [-0.25, -0.2) is 0 Å². The van der Waals surface area contributed by atoms with Crippen molar-refractivity contribution in [3.8, 4) is 0 Å². The van der Waals surface area contributed by atoms with Gasteiger partial charge in [0.2, 0.25) is 5.91 Å². The fourth-order valence-electron chi connectivity index (χ4n) is 2.66. The van der Waals surface area contributed by atoms with Crippen molar-refractivity contribution in [2.75, 3.05) is 13.2 Å². The summed E-state index contributed by atoms with van der Waals surface area (Å²) in [6.07, 6.45) is 4.06. The van der Waals surface area contributed by atoms with E-state index in [2.05, 4.69) is 19.2 Å². The average molecular weight is 226 g/mol. The third kappa shape index (κ3) is 2.09. The SMILES string of the molecule is CC1(C)CCCC1NC(=O)C1(N)CCOC1. The van der Waals surface area contributed by atoms with Crippen molar-refractivity contribution in [1.82, 2.24) is 5.32 Å². The number of amides is 1. The van der Waals surface area contributed by atoms with Crippen LogP contribution in [0.5, 0.6) is 0 Å². The van der Waals surface area contributed by atoms with Crippen molar-refractivity contribution in [2.45, 2.75) is 51.1 Å². The first-order valence-corrected chi connectivity index (χ1v) is 6.12. The molecule has 2 unspecified atom stereocenters. The molecule has 1 heterocycles. The van der Waals surface area contributed by atoms with Gasteiger partial charge >= 0.3 is 0 Å². The van der Waals surface area contributed by atoms with Crippen LogP contribution in [0.15, 0.2) is 0 Å². The highest BCUT2D eigenvalue weighted by molar-refractivity contribution is 5.86. The summed E-state index contributed by atoms with van der Waals surface area (Å²) >= 11 is 0. The summed E-state index contributed by atoms with van der Waals surface area (Å²) in [5.74, 6) is -0.0371. The number of rotatable bonds is 2. The standard InChI is InChI=1S/C12H22N2O2/c1-11(2)5-3-4-9(11)14-10(15)12(13)6-7-16-8-12/h9H,3-8,13H2,1-2H3,(H,14,15). The number of carbonyl (C=O) groups is 1. The maximum absolute atomic E-state index is 12.1. The van der Waals surface area contributed by atoms with Crippen LogP contribution >= 0.6 is 0 Å². The zero-order valence-electron chi connectivity index (χ0n) is 10.2. The molecule has 2 rings (SSSR count). The number of nitrogens with one attached hydrogen (secondary N) is 1. The van der Waals surface area contributed by atoms with Gasteiger partial charge in [0.1, 0.15) is 5.54 Å². The number of hydrogen-bond donors (Lipinski definition) is 2. The first kappa shape index (κ1) is 11.9. The van der Waals surface area contributed by atoms with Gasteiger partial charge in [-0.3, -0.25) is 4.79 Å². The van der Waals surface area contributed by atoms with E-state index in [1.165, 1.54) is 12.8 Å². The van der Waals surface area contributed by atoms with Gasteiger partial charge < -0.3 is 15.8 Å². The summed E-state index contributed by atoms with van der Waals surface area (Å²) in [5, 5.41) is 3.11. The lowest BCUT2D eigenvalue weighted by molar-refractivity contribution is -0.127. The molecule has 16 heavy (non-hydrogen) atoms. The lowest BCUT2D eigenvalue weighted by atomic mass is 9.86. The van der Waals surface area contributed by atoms with Crippen molar-refractivity contribution in [3.63, 3.8) is 0 Å². The number of ether oxygens (including phenoxy) is 1. The normalized spacial score (nSPS) is 37.6. The average Bonchev–Trinajstić information content (AvgIpc) is 2.75. The van der Waals surface area contributed by atoms with Crippen LogP contribution in [0.1, 0.15) is 39.5 Å². The molecule has 4 heteroatoms. The molecule has 2 fully saturated rings. The molecule has 1 amide bonds. The second-order valence-corrected chi connectivity index (χ2v) is 5.87. The van der Waals surface area contributed by atoms with Crippen LogP contribution in [-0.2, 0) is 9.53 Å². The molecule has 0 spiro atoms. The molecule has 0 aromatic rings. The predicted octanol–water partition coefficient (Wildman–Crippen LogP) is 0.799. The van der Waals surface area contributed by atoms with Crippen molar-refractivity contribution < 1.29 is 9.53 Å². The van der Waals surface area contributed by atoms with Crippen LogP contribution < -0.4 is 11.1 Å². The Labute approximate surface area is 96.9 Å². The molecule has 1 saturated carbocycles. The van der Waals surface area contributed by atoms with Gasteiger partial charge in [0.25, 0.3) is 0 Å². The van der Waals surface area contributed by atoms with Gasteiger partial charge in [-0.05, 0) is 24.7 Å².